The normalized spacial score (nSPS) is 27.8. The standard InChI is InChI=1S/C13H22O4/c1-7-11(2,3)9(14)17-13(6)10(15)16-8-12(13,4)5/h7-8H2,1-6H3. The molecule has 1 aliphatic heterocycles. The second kappa shape index (κ2) is 4.00. The molecule has 0 amide bonds. The van der Waals surface area contributed by atoms with Crippen molar-refractivity contribution >= 4 is 11.9 Å². The number of cyclic esters (lactones) is 1. The van der Waals surface area contributed by atoms with E-state index in [1.54, 1.807) is 6.92 Å². The molecular weight excluding hydrogens is 220 g/mol. The van der Waals surface area contributed by atoms with Gasteiger partial charge in [0, 0.05) is 5.41 Å². The number of carbonyl (C=O) groups is 2. The molecule has 1 rings (SSSR count). The highest BCUT2D eigenvalue weighted by molar-refractivity contribution is 5.87. The van der Waals surface area contributed by atoms with Gasteiger partial charge in [0.2, 0.25) is 5.60 Å². The van der Waals surface area contributed by atoms with Gasteiger partial charge in [-0.05, 0) is 27.2 Å². The molecule has 0 aromatic rings. The lowest BCUT2D eigenvalue weighted by Gasteiger charge is -2.35. The molecule has 1 saturated heterocycles. The Bertz CT molecular complexity index is 343. The number of hydrogen-bond acceptors (Lipinski definition) is 4. The maximum atomic E-state index is 12.1. The fourth-order valence-electron chi connectivity index (χ4n) is 1.45. The van der Waals surface area contributed by atoms with Gasteiger partial charge in [0.05, 0.1) is 5.41 Å². The Hall–Kier alpha value is -1.06. The fraction of sp³-hybridized carbons (Fsp3) is 0.846. The second-order valence-electron chi connectivity index (χ2n) is 6.12. The van der Waals surface area contributed by atoms with E-state index in [1.165, 1.54) is 0 Å². The van der Waals surface area contributed by atoms with Crippen molar-refractivity contribution in [3.63, 3.8) is 0 Å². The average Bonchev–Trinajstić information content (AvgIpc) is 2.42. The summed E-state index contributed by atoms with van der Waals surface area (Å²) in [7, 11) is 0. The summed E-state index contributed by atoms with van der Waals surface area (Å²) in [5.74, 6) is -0.808. The minimum Gasteiger partial charge on any atom is -0.462 e. The van der Waals surface area contributed by atoms with E-state index < -0.39 is 22.4 Å². The lowest BCUT2D eigenvalue weighted by Crippen LogP contribution is -2.49. The highest BCUT2D eigenvalue weighted by atomic mass is 16.6. The lowest BCUT2D eigenvalue weighted by molar-refractivity contribution is -0.184. The van der Waals surface area contributed by atoms with Crippen LogP contribution >= 0.6 is 0 Å². The first-order valence-corrected chi connectivity index (χ1v) is 5.97. The summed E-state index contributed by atoms with van der Waals surface area (Å²) in [6.07, 6.45) is 0.664. The number of carbonyl (C=O) groups excluding carboxylic acids is 2. The van der Waals surface area contributed by atoms with E-state index in [4.69, 9.17) is 9.47 Å². The van der Waals surface area contributed by atoms with Crippen molar-refractivity contribution in [1.29, 1.82) is 0 Å². The Kier molecular flexibility index (Phi) is 3.29. The maximum Gasteiger partial charge on any atom is 0.351 e. The van der Waals surface area contributed by atoms with Gasteiger partial charge in [0.1, 0.15) is 6.61 Å². The van der Waals surface area contributed by atoms with Crippen LogP contribution in [0.15, 0.2) is 0 Å². The molecule has 1 atom stereocenters. The van der Waals surface area contributed by atoms with Crippen LogP contribution < -0.4 is 0 Å². The Labute approximate surface area is 103 Å². The van der Waals surface area contributed by atoms with E-state index in [1.807, 2.05) is 34.6 Å². The van der Waals surface area contributed by atoms with E-state index >= 15 is 0 Å². The number of rotatable bonds is 3. The molecule has 4 heteroatoms. The van der Waals surface area contributed by atoms with Crippen LogP contribution in [0.5, 0.6) is 0 Å². The SMILES string of the molecule is CCC(C)(C)C(=O)OC1(C)C(=O)OCC1(C)C. The van der Waals surface area contributed by atoms with Crippen LogP contribution in [0, 0.1) is 10.8 Å². The molecule has 0 saturated carbocycles. The summed E-state index contributed by atoms with van der Waals surface area (Å²) in [6, 6.07) is 0. The quantitative estimate of drug-likeness (QED) is 0.713. The average molecular weight is 242 g/mol. The van der Waals surface area contributed by atoms with E-state index in [-0.39, 0.29) is 12.6 Å². The van der Waals surface area contributed by atoms with Crippen molar-refractivity contribution in [2.24, 2.45) is 10.8 Å². The zero-order valence-corrected chi connectivity index (χ0v) is 11.5. The highest BCUT2D eigenvalue weighted by Gasteiger charge is 2.58. The van der Waals surface area contributed by atoms with Gasteiger partial charge >= 0.3 is 11.9 Å². The largest absolute Gasteiger partial charge is 0.462 e. The molecule has 0 N–H and O–H groups in total. The first kappa shape index (κ1) is 14.0. The van der Waals surface area contributed by atoms with Crippen LogP contribution in [0.25, 0.3) is 0 Å². The number of esters is 2. The first-order valence-electron chi connectivity index (χ1n) is 5.97. The van der Waals surface area contributed by atoms with E-state index in [0.717, 1.165) is 0 Å². The Morgan fingerprint density at radius 2 is 1.94 bits per heavy atom. The third-order valence-corrected chi connectivity index (χ3v) is 3.98. The summed E-state index contributed by atoms with van der Waals surface area (Å²) in [5, 5.41) is 0. The minimum absolute atomic E-state index is 0.280. The predicted octanol–water partition coefficient (Wildman–Crippen LogP) is 2.31. The molecule has 0 radical (unpaired) electrons. The second-order valence-corrected chi connectivity index (χ2v) is 6.12. The molecule has 0 spiro atoms. The van der Waals surface area contributed by atoms with Crippen LogP contribution in [0.4, 0.5) is 0 Å². The number of hydrogen-bond donors (Lipinski definition) is 0. The summed E-state index contributed by atoms with van der Waals surface area (Å²) in [4.78, 5) is 23.8. The molecule has 1 unspecified atom stereocenters. The van der Waals surface area contributed by atoms with Crippen LogP contribution in [0.1, 0.15) is 48.0 Å². The van der Waals surface area contributed by atoms with Gasteiger partial charge in [-0.2, -0.15) is 0 Å². The van der Waals surface area contributed by atoms with Crippen molar-refractivity contribution in [3.05, 3.63) is 0 Å². The Morgan fingerprint density at radius 1 is 1.41 bits per heavy atom. The number of ether oxygens (including phenoxy) is 2. The van der Waals surface area contributed by atoms with Gasteiger partial charge in [-0.15, -0.1) is 0 Å². The fourth-order valence-corrected chi connectivity index (χ4v) is 1.45. The monoisotopic (exact) mass is 242 g/mol. The molecule has 0 bridgehead atoms. The van der Waals surface area contributed by atoms with Crippen LogP contribution in [0.2, 0.25) is 0 Å². The molecule has 0 aromatic heterocycles. The molecule has 0 aliphatic carbocycles. The summed E-state index contributed by atoms with van der Waals surface area (Å²) in [6.45, 7) is 11.2. The van der Waals surface area contributed by atoms with Gasteiger partial charge in [0.15, 0.2) is 0 Å². The Balaban J connectivity index is 2.94. The molecule has 1 heterocycles. The van der Waals surface area contributed by atoms with E-state index in [2.05, 4.69) is 0 Å². The van der Waals surface area contributed by atoms with E-state index in [9.17, 15) is 9.59 Å². The van der Waals surface area contributed by atoms with Gasteiger partial charge in [-0.3, -0.25) is 4.79 Å². The summed E-state index contributed by atoms with van der Waals surface area (Å²) < 4.78 is 10.5. The third-order valence-electron chi connectivity index (χ3n) is 3.98. The van der Waals surface area contributed by atoms with Gasteiger partial charge in [-0.1, -0.05) is 20.8 Å². The summed E-state index contributed by atoms with van der Waals surface area (Å²) in [5.41, 5.74) is -2.26. The molecule has 1 fully saturated rings. The minimum atomic E-state index is -1.18. The van der Waals surface area contributed by atoms with Gasteiger partial charge in [-0.25, -0.2) is 4.79 Å². The molecular formula is C13H22O4. The Morgan fingerprint density at radius 3 is 2.29 bits per heavy atom. The molecule has 4 nitrogen and oxygen atoms in total. The lowest BCUT2D eigenvalue weighted by atomic mass is 9.78. The van der Waals surface area contributed by atoms with Crippen molar-refractivity contribution in [2.45, 2.75) is 53.6 Å². The van der Waals surface area contributed by atoms with Gasteiger partial charge in [0.25, 0.3) is 0 Å². The van der Waals surface area contributed by atoms with Crippen molar-refractivity contribution in [2.75, 3.05) is 6.61 Å². The first-order chi connectivity index (χ1) is 7.57. The smallest absolute Gasteiger partial charge is 0.351 e. The van der Waals surface area contributed by atoms with Crippen LogP contribution in [-0.2, 0) is 19.1 Å². The molecule has 1 aliphatic rings. The summed E-state index contributed by atoms with van der Waals surface area (Å²) >= 11 is 0. The topological polar surface area (TPSA) is 52.6 Å². The van der Waals surface area contributed by atoms with Crippen molar-refractivity contribution in [3.8, 4) is 0 Å². The highest BCUT2D eigenvalue weighted by Crippen LogP contribution is 2.42. The molecule has 98 valence electrons. The van der Waals surface area contributed by atoms with Crippen LogP contribution in [-0.4, -0.2) is 24.1 Å². The van der Waals surface area contributed by atoms with E-state index in [0.29, 0.717) is 6.42 Å². The zero-order chi connectivity index (χ0) is 13.5. The molecule has 0 aromatic carbocycles. The molecule has 17 heavy (non-hydrogen) atoms. The van der Waals surface area contributed by atoms with Crippen LogP contribution in [0.3, 0.4) is 0 Å². The zero-order valence-electron chi connectivity index (χ0n) is 11.5. The predicted molar refractivity (Wildman–Crippen MR) is 63.3 cm³/mol. The van der Waals surface area contributed by atoms with Crippen molar-refractivity contribution < 1.29 is 19.1 Å². The maximum absolute atomic E-state index is 12.1. The van der Waals surface area contributed by atoms with Crippen molar-refractivity contribution in [1.82, 2.24) is 0 Å². The third kappa shape index (κ3) is 2.17. The van der Waals surface area contributed by atoms with Gasteiger partial charge < -0.3 is 9.47 Å².